The Balaban J connectivity index is 1.49. The van der Waals surface area contributed by atoms with Crippen LogP contribution in [0.15, 0.2) is 84.9 Å². The zero-order valence-electron chi connectivity index (χ0n) is 17.3. The Labute approximate surface area is 178 Å². The van der Waals surface area contributed by atoms with Gasteiger partial charge >= 0.3 is 0 Å². The number of nitriles is 1. The average molecular weight is 391 g/mol. The third-order valence-electron chi connectivity index (χ3n) is 8.36. The van der Waals surface area contributed by atoms with E-state index >= 15 is 0 Å². The summed E-state index contributed by atoms with van der Waals surface area (Å²) in [6.45, 7) is 1.15. The van der Waals surface area contributed by atoms with Gasteiger partial charge in [-0.3, -0.25) is 4.90 Å². The van der Waals surface area contributed by atoms with Crippen LogP contribution in [0.25, 0.3) is 0 Å². The van der Waals surface area contributed by atoms with Gasteiger partial charge in [-0.05, 0) is 66.0 Å². The zero-order valence-corrected chi connectivity index (χ0v) is 17.3. The van der Waals surface area contributed by atoms with Gasteiger partial charge in [-0.15, -0.1) is 0 Å². The molecule has 2 heteroatoms. The van der Waals surface area contributed by atoms with Crippen LogP contribution < -0.4 is 0 Å². The lowest BCUT2D eigenvalue weighted by Gasteiger charge is -2.53. The van der Waals surface area contributed by atoms with Crippen molar-refractivity contribution in [3.05, 3.63) is 107 Å². The summed E-state index contributed by atoms with van der Waals surface area (Å²) in [5.41, 5.74) is 5.64. The van der Waals surface area contributed by atoms with Crippen LogP contribution >= 0.6 is 0 Å². The molecule has 0 N–H and O–H groups in total. The number of hydrogen-bond acceptors (Lipinski definition) is 2. The topological polar surface area (TPSA) is 27.0 Å². The molecule has 2 nitrogen and oxygen atoms in total. The molecular weight excluding hydrogens is 364 g/mol. The lowest BCUT2D eigenvalue weighted by molar-refractivity contribution is 0.0399. The maximum Gasteiger partial charge on any atom is 0.0991 e. The van der Waals surface area contributed by atoms with E-state index in [0.29, 0.717) is 23.3 Å². The monoisotopic (exact) mass is 390 g/mol. The van der Waals surface area contributed by atoms with Crippen LogP contribution in [-0.2, 0) is 5.41 Å². The Morgan fingerprint density at radius 2 is 1.43 bits per heavy atom. The van der Waals surface area contributed by atoms with Gasteiger partial charge in [0.2, 0.25) is 0 Å². The molecule has 0 amide bonds. The summed E-state index contributed by atoms with van der Waals surface area (Å²) in [5.74, 6) is 1.19. The zero-order chi connectivity index (χ0) is 20.3. The van der Waals surface area contributed by atoms with Gasteiger partial charge in [-0.2, -0.15) is 5.26 Å². The van der Waals surface area contributed by atoms with Crippen molar-refractivity contribution in [1.29, 1.82) is 5.26 Å². The Morgan fingerprint density at radius 1 is 0.833 bits per heavy atom. The summed E-state index contributed by atoms with van der Waals surface area (Å²) in [6, 6.07) is 33.5. The molecular formula is C28H26N2. The molecule has 4 aliphatic rings. The second kappa shape index (κ2) is 6.30. The smallest absolute Gasteiger partial charge is 0.0991 e. The molecule has 148 valence electrons. The number of rotatable bonds is 3. The van der Waals surface area contributed by atoms with Crippen LogP contribution in [0.5, 0.6) is 0 Å². The van der Waals surface area contributed by atoms with E-state index < -0.39 is 0 Å². The number of hydrogen-bond donors (Lipinski definition) is 0. The van der Waals surface area contributed by atoms with Crippen molar-refractivity contribution < 1.29 is 0 Å². The SMILES string of the molecule is CN1C[C@@H]2C(c3ccccc3)C3(c4ccc(C#N)cc4)CC2(C3)[C@H]1c1ccccc1. The van der Waals surface area contributed by atoms with Crippen LogP contribution in [0.4, 0.5) is 0 Å². The van der Waals surface area contributed by atoms with Crippen molar-refractivity contribution in [3.8, 4) is 6.07 Å². The van der Waals surface area contributed by atoms with E-state index in [-0.39, 0.29) is 5.41 Å². The van der Waals surface area contributed by atoms with Gasteiger partial charge < -0.3 is 0 Å². The first-order valence-electron chi connectivity index (χ1n) is 11.0. The molecule has 1 heterocycles. The minimum absolute atomic E-state index is 0.189. The molecule has 1 aliphatic heterocycles. The summed E-state index contributed by atoms with van der Waals surface area (Å²) >= 11 is 0. The summed E-state index contributed by atoms with van der Waals surface area (Å²) < 4.78 is 0. The van der Waals surface area contributed by atoms with E-state index in [0.717, 1.165) is 12.1 Å². The molecule has 3 saturated carbocycles. The Bertz CT molecular complexity index is 1100. The molecule has 1 spiro atoms. The summed E-state index contributed by atoms with van der Waals surface area (Å²) in [6.07, 6.45) is 2.47. The molecule has 0 radical (unpaired) electrons. The van der Waals surface area contributed by atoms with Crippen LogP contribution in [0.2, 0.25) is 0 Å². The van der Waals surface area contributed by atoms with Crippen LogP contribution in [0.1, 0.15) is 47.1 Å². The molecule has 1 saturated heterocycles. The van der Waals surface area contributed by atoms with Crippen LogP contribution in [0.3, 0.4) is 0 Å². The van der Waals surface area contributed by atoms with E-state index in [1.54, 1.807) is 0 Å². The second-order valence-corrected chi connectivity index (χ2v) is 9.68. The molecule has 2 bridgehead atoms. The highest BCUT2D eigenvalue weighted by molar-refractivity contribution is 5.49. The quantitative estimate of drug-likeness (QED) is 0.575. The van der Waals surface area contributed by atoms with E-state index in [1.807, 2.05) is 12.1 Å². The molecule has 0 aromatic heterocycles. The van der Waals surface area contributed by atoms with Gasteiger partial charge in [0.15, 0.2) is 0 Å². The second-order valence-electron chi connectivity index (χ2n) is 9.68. The maximum absolute atomic E-state index is 9.26. The highest BCUT2D eigenvalue weighted by Crippen LogP contribution is 2.81. The minimum Gasteiger partial charge on any atom is -0.298 e. The van der Waals surface area contributed by atoms with Gasteiger partial charge in [-0.1, -0.05) is 72.8 Å². The lowest BCUT2D eigenvalue weighted by Crippen LogP contribution is -2.47. The Morgan fingerprint density at radius 3 is 2.03 bits per heavy atom. The molecule has 3 aromatic carbocycles. The maximum atomic E-state index is 9.26. The molecule has 4 fully saturated rings. The summed E-state index contributed by atoms with van der Waals surface area (Å²) in [7, 11) is 2.31. The fourth-order valence-corrected chi connectivity index (χ4v) is 7.55. The van der Waals surface area contributed by atoms with Crippen LogP contribution in [-0.4, -0.2) is 18.5 Å². The molecule has 1 unspecified atom stereocenters. The van der Waals surface area contributed by atoms with Crippen molar-refractivity contribution in [2.45, 2.75) is 30.2 Å². The first kappa shape index (κ1) is 17.9. The van der Waals surface area contributed by atoms with E-state index in [2.05, 4.69) is 90.8 Å². The molecule has 3 atom stereocenters. The van der Waals surface area contributed by atoms with Crippen molar-refractivity contribution in [1.82, 2.24) is 4.90 Å². The van der Waals surface area contributed by atoms with Crippen molar-refractivity contribution in [2.75, 3.05) is 13.6 Å². The van der Waals surface area contributed by atoms with E-state index in [9.17, 15) is 5.26 Å². The summed E-state index contributed by atoms with van der Waals surface area (Å²) in [5, 5.41) is 9.26. The molecule has 7 rings (SSSR count). The Kier molecular flexibility index (Phi) is 3.77. The minimum atomic E-state index is 0.189. The lowest BCUT2D eigenvalue weighted by atomic mass is 9.52. The Hall–Kier alpha value is -2.89. The molecule has 30 heavy (non-hydrogen) atoms. The molecule has 3 aromatic rings. The largest absolute Gasteiger partial charge is 0.298 e. The van der Waals surface area contributed by atoms with Crippen molar-refractivity contribution in [2.24, 2.45) is 11.3 Å². The molecule has 3 aliphatic carbocycles. The third kappa shape index (κ3) is 2.22. The normalized spacial score (nSPS) is 34.2. The number of nitrogens with zero attached hydrogens (tertiary/aromatic N) is 2. The fraction of sp³-hybridized carbons (Fsp3) is 0.321. The van der Waals surface area contributed by atoms with Gasteiger partial charge in [-0.25, -0.2) is 0 Å². The first-order chi connectivity index (χ1) is 14.7. The highest BCUT2D eigenvalue weighted by Gasteiger charge is 2.76. The van der Waals surface area contributed by atoms with Crippen LogP contribution in [0, 0.1) is 22.7 Å². The van der Waals surface area contributed by atoms with Crippen molar-refractivity contribution >= 4 is 0 Å². The van der Waals surface area contributed by atoms with Gasteiger partial charge in [0.05, 0.1) is 11.6 Å². The van der Waals surface area contributed by atoms with E-state index in [4.69, 9.17) is 0 Å². The highest BCUT2D eigenvalue weighted by atomic mass is 15.2. The van der Waals surface area contributed by atoms with Gasteiger partial charge in [0.1, 0.15) is 0 Å². The van der Waals surface area contributed by atoms with E-state index in [1.165, 1.54) is 29.5 Å². The van der Waals surface area contributed by atoms with Gasteiger partial charge in [0, 0.05) is 18.0 Å². The predicted molar refractivity (Wildman–Crippen MR) is 119 cm³/mol. The van der Waals surface area contributed by atoms with Gasteiger partial charge in [0.25, 0.3) is 0 Å². The fourth-order valence-electron chi connectivity index (χ4n) is 7.55. The summed E-state index contributed by atoms with van der Waals surface area (Å²) in [4.78, 5) is 2.61. The number of likely N-dealkylation sites (tertiary alicyclic amines) is 1. The number of benzene rings is 3. The van der Waals surface area contributed by atoms with Crippen molar-refractivity contribution in [3.63, 3.8) is 0 Å². The standard InChI is InChI=1S/C28H26N2/c1-30-17-24-25(21-8-4-2-5-9-21)27(23-14-12-20(16-29)13-15-23)18-28(24,19-27)26(30)22-10-6-3-7-11-22/h2-15,24-26H,17-19H2,1H3/t24-,25?,26-,27?,28?/m1/s1. The first-order valence-corrected chi connectivity index (χ1v) is 11.0. The average Bonchev–Trinajstić information content (AvgIpc) is 3.32. The third-order valence-corrected chi connectivity index (χ3v) is 8.36. The predicted octanol–water partition coefficient (Wildman–Crippen LogP) is 5.68.